The van der Waals surface area contributed by atoms with Crippen LogP contribution in [0.4, 0.5) is 41.9 Å². The molecule has 3 rings (SSSR count). The molecule has 0 atom stereocenters. The first-order valence-electron chi connectivity index (χ1n) is 7.82. The van der Waals surface area contributed by atoms with E-state index in [1.165, 1.54) is 24.5 Å². The number of nitrogens with one attached hydrogen (secondary N) is 2. The second-order valence-corrected chi connectivity index (χ2v) is 5.57. The molecule has 9 heteroatoms. The highest BCUT2D eigenvalue weighted by molar-refractivity contribution is 5.73. The van der Waals surface area contributed by atoms with Crippen LogP contribution >= 0.6 is 0 Å². The first kappa shape index (κ1) is 18.3. The fourth-order valence-electron chi connectivity index (χ4n) is 2.29. The minimum Gasteiger partial charge on any atom is -0.497 e. The van der Waals surface area contributed by atoms with Crippen LogP contribution in [-0.2, 0) is 6.18 Å². The highest BCUT2D eigenvalue weighted by atomic mass is 19.4. The van der Waals surface area contributed by atoms with Crippen LogP contribution in [0.25, 0.3) is 0 Å². The quantitative estimate of drug-likeness (QED) is 0.567. The molecule has 0 fully saturated rings. The molecule has 1 aromatic heterocycles. The van der Waals surface area contributed by atoms with Gasteiger partial charge in [-0.15, -0.1) is 0 Å². The van der Waals surface area contributed by atoms with Crippen molar-refractivity contribution in [3.05, 3.63) is 60.4 Å². The van der Waals surface area contributed by atoms with E-state index in [1.807, 2.05) is 0 Å². The molecule has 6 nitrogen and oxygen atoms in total. The SMILES string of the molecule is COc1ccc(N)c(Nc2cncc(Nc3ccc(C(F)(F)F)cc3)n2)c1. The Bertz CT molecular complexity index is 929. The number of nitrogens with zero attached hydrogens (tertiary/aromatic N) is 2. The molecular formula is C18H16F3N5O. The van der Waals surface area contributed by atoms with Gasteiger partial charge in [0, 0.05) is 11.8 Å². The maximum Gasteiger partial charge on any atom is 0.416 e. The van der Waals surface area contributed by atoms with Crippen LogP contribution < -0.4 is 21.1 Å². The Morgan fingerprint density at radius 3 is 2.26 bits per heavy atom. The minimum atomic E-state index is -4.38. The third kappa shape index (κ3) is 4.57. The number of hydrogen-bond donors (Lipinski definition) is 3. The van der Waals surface area contributed by atoms with Gasteiger partial charge in [0.2, 0.25) is 0 Å². The number of halogens is 3. The van der Waals surface area contributed by atoms with Gasteiger partial charge in [0.1, 0.15) is 5.75 Å². The van der Waals surface area contributed by atoms with Crippen molar-refractivity contribution >= 4 is 28.7 Å². The summed E-state index contributed by atoms with van der Waals surface area (Å²) in [6.45, 7) is 0. The summed E-state index contributed by atoms with van der Waals surface area (Å²) >= 11 is 0. The van der Waals surface area contributed by atoms with Crippen molar-refractivity contribution in [2.45, 2.75) is 6.18 Å². The maximum absolute atomic E-state index is 12.6. The normalized spacial score (nSPS) is 11.1. The number of anilines is 5. The zero-order valence-electron chi connectivity index (χ0n) is 14.2. The Hall–Kier alpha value is -3.49. The largest absolute Gasteiger partial charge is 0.497 e. The Morgan fingerprint density at radius 1 is 0.963 bits per heavy atom. The summed E-state index contributed by atoms with van der Waals surface area (Å²) in [5, 5.41) is 5.94. The minimum absolute atomic E-state index is 0.362. The molecule has 0 saturated heterocycles. The average Bonchev–Trinajstić information content (AvgIpc) is 2.63. The fourth-order valence-corrected chi connectivity index (χ4v) is 2.29. The van der Waals surface area contributed by atoms with Crippen LogP contribution in [0.15, 0.2) is 54.9 Å². The Labute approximate surface area is 153 Å². The van der Waals surface area contributed by atoms with Crippen LogP contribution in [0.1, 0.15) is 5.56 Å². The third-order valence-corrected chi connectivity index (χ3v) is 3.64. The van der Waals surface area contributed by atoms with Crippen molar-refractivity contribution in [3.8, 4) is 5.75 Å². The molecular weight excluding hydrogens is 359 g/mol. The summed E-state index contributed by atoms with van der Waals surface area (Å²) in [4.78, 5) is 8.39. The zero-order valence-corrected chi connectivity index (χ0v) is 14.2. The van der Waals surface area contributed by atoms with Crippen LogP contribution in [0.3, 0.4) is 0 Å². The molecule has 2 aromatic carbocycles. The standard InChI is InChI=1S/C18H16F3N5O/c1-27-13-6-7-14(22)15(8-13)25-17-10-23-9-16(26-17)24-12-4-2-11(3-5-12)18(19,20)21/h2-10H,22H2,1H3,(H2,24,25,26). The lowest BCUT2D eigenvalue weighted by atomic mass is 10.2. The summed E-state index contributed by atoms with van der Waals surface area (Å²) < 4.78 is 43.0. The van der Waals surface area contributed by atoms with E-state index >= 15 is 0 Å². The molecule has 0 saturated carbocycles. The van der Waals surface area contributed by atoms with Crippen molar-refractivity contribution in [2.75, 3.05) is 23.5 Å². The average molecular weight is 375 g/mol. The molecule has 1 heterocycles. The number of benzene rings is 2. The van der Waals surface area contributed by atoms with Gasteiger partial charge in [0.05, 0.1) is 36.4 Å². The predicted octanol–water partition coefficient (Wildman–Crippen LogP) is 4.57. The summed E-state index contributed by atoms with van der Waals surface area (Å²) in [5.74, 6) is 1.40. The van der Waals surface area contributed by atoms with Crippen molar-refractivity contribution in [3.63, 3.8) is 0 Å². The molecule has 0 amide bonds. The van der Waals surface area contributed by atoms with E-state index in [-0.39, 0.29) is 0 Å². The molecule has 140 valence electrons. The topological polar surface area (TPSA) is 85.1 Å². The third-order valence-electron chi connectivity index (χ3n) is 3.64. The Morgan fingerprint density at radius 2 is 1.63 bits per heavy atom. The molecule has 4 N–H and O–H groups in total. The Kier molecular flexibility index (Phi) is 5.02. The van der Waals surface area contributed by atoms with E-state index in [0.29, 0.717) is 34.4 Å². The van der Waals surface area contributed by atoms with E-state index in [9.17, 15) is 13.2 Å². The van der Waals surface area contributed by atoms with Crippen molar-refractivity contribution in [1.29, 1.82) is 0 Å². The molecule has 0 bridgehead atoms. The van der Waals surface area contributed by atoms with Gasteiger partial charge in [-0.3, -0.25) is 4.98 Å². The van der Waals surface area contributed by atoms with Gasteiger partial charge >= 0.3 is 6.18 Å². The number of aromatic nitrogens is 2. The summed E-state index contributed by atoms with van der Waals surface area (Å²) in [6.07, 6.45) is -1.42. The van der Waals surface area contributed by atoms with Gasteiger partial charge in [0.25, 0.3) is 0 Å². The fraction of sp³-hybridized carbons (Fsp3) is 0.111. The monoisotopic (exact) mass is 375 g/mol. The van der Waals surface area contributed by atoms with E-state index in [0.717, 1.165) is 12.1 Å². The first-order valence-corrected chi connectivity index (χ1v) is 7.82. The molecule has 0 aliphatic rings. The van der Waals surface area contributed by atoms with E-state index in [4.69, 9.17) is 10.5 Å². The van der Waals surface area contributed by atoms with Gasteiger partial charge in [0.15, 0.2) is 11.6 Å². The predicted molar refractivity (Wildman–Crippen MR) is 97.4 cm³/mol. The van der Waals surface area contributed by atoms with Gasteiger partial charge in [-0.05, 0) is 36.4 Å². The molecule has 0 spiro atoms. The van der Waals surface area contributed by atoms with E-state index < -0.39 is 11.7 Å². The summed E-state index contributed by atoms with van der Waals surface area (Å²) in [6, 6.07) is 9.78. The Balaban J connectivity index is 1.76. The zero-order chi connectivity index (χ0) is 19.4. The van der Waals surface area contributed by atoms with Gasteiger partial charge < -0.3 is 21.1 Å². The second kappa shape index (κ2) is 7.40. The van der Waals surface area contributed by atoms with Crippen molar-refractivity contribution in [2.24, 2.45) is 0 Å². The number of alkyl halides is 3. The number of ether oxygens (including phenoxy) is 1. The smallest absolute Gasteiger partial charge is 0.416 e. The molecule has 0 aliphatic carbocycles. The first-order chi connectivity index (χ1) is 12.8. The molecule has 0 radical (unpaired) electrons. The van der Waals surface area contributed by atoms with Gasteiger partial charge in [-0.2, -0.15) is 13.2 Å². The highest BCUT2D eigenvalue weighted by Gasteiger charge is 2.29. The van der Waals surface area contributed by atoms with Gasteiger partial charge in [-0.25, -0.2) is 4.98 Å². The molecule has 0 unspecified atom stereocenters. The number of nitrogens with two attached hydrogens (primary N) is 1. The second-order valence-electron chi connectivity index (χ2n) is 5.57. The highest BCUT2D eigenvalue weighted by Crippen LogP contribution is 2.30. The lowest BCUT2D eigenvalue weighted by molar-refractivity contribution is -0.137. The van der Waals surface area contributed by atoms with Crippen LogP contribution in [-0.4, -0.2) is 17.1 Å². The van der Waals surface area contributed by atoms with Crippen LogP contribution in [0.2, 0.25) is 0 Å². The molecule has 0 aliphatic heterocycles. The number of methoxy groups -OCH3 is 1. The summed E-state index contributed by atoms with van der Waals surface area (Å²) in [7, 11) is 1.55. The number of hydrogen-bond acceptors (Lipinski definition) is 6. The lowest BCUT2D eigenvalue weighted by Crippen LogP contribution is -2.05. The molecule has 3 aromatic rings. The van der Waals surface area contributed by atoms with Crippen molar-refractivity contribution in [1.82, 2.24) is 9.97 Å². The van der Waals surface area contributed by atoms with Crippen LogP contribution in [0.5, 0.6) is 5.75 Å². The van der Waals surface area contributed by atoms with E-state index in [1.54, 1.807) is 25.3 Å². The summed E-state index contributed by atoms with van der Waals surface area (Å²) in [5.41, 5.74) is 6.76. The number of nitrogen functional groups attached to an aromatic ring is 1. The van der Waals surface area contributed by atoms with Gasteiger partial charge in [-0.1, -0.05) is 0 Å². The van der Waals surface area contributed by atoms with Crippen LogP contribution in [0, 0.1) is 0 Å². The number of rotatable bonds is 5. The molecule has 27 heavy (non-hydrogen) atoms. The maximum atomic E-state index is 12.6. The van der Waals surface area contributed by atoms with E-state index in [2.05, 4.69) is 20.6 Å². The lowest BCUT2D eigenvalue weighted by Gasteiger charge is -2.12. The van der Waals surface area contributed by atoms with Crippen molar-refractivity contribution < 1.29 is 17.9 Å².